The average Bonchev–Trinajstić information content (AvgIpc) is 2.78. The Balaban J connectivity index is 1.80. The highest BCUT2D eigenvalue weighted by Gasteiger charge is 2.15. The zero-order valence-corrected chi connectivity index (χ0v) is 12.1. The Morgan fingerprint density at radius 3 is 3.10 bits per heavy atom. The summed E-state index contributed by atoms with van der Waals surface area (Å²) in [5, 5.41) is 7.44. The third kappa shape index (κ3) is 3.61. The van der Waals surface area contributed by atoms with Crippen molar-refractivity contribution in [2.24, 2.45) is 10.7 Å². The van der Waals surface area contributed by atoms with E-state index in [1.54, 1.807) is 9.25 Å². The predicted octanol–water partition coefficient (Wildman–Crippen LogP) is 0.0855. The number of fused-ring (bicyclic) bond motifs is 1. The van der Waals surface area contributed by atoms with Gasteiger partial charge in [-0.15, -0.1) is 0 Å². The first-order chi connectivity index (χ1) is 9.72. The monoisotopic (exact) mass is 280 g/mol. The zero-order chi connectivity index (χ0) is 14.4. The third-order valence-corrected chi connectivity index (χ3v) is 3.39. The van der Waals surface area contributed by atoms with Gasteiger partial charge in [-0.2, -0.15) is 5.10 Å². The molecule has 0 atom stereocenters. The largest absolute Gasteiger partial charge is 0.370 e. The Morgan fingerprint density at radius 1 is 1.50 bits per heavy atom. The van der Waals surface area contributed by atoms with Crippen molar-refractivity contribution in [1.82, 2.24) is 19.7 Å². The normalized spacial score (nSPS) is 15.2. The highest BCUT2D eigenvalue weighted by molar-refractivity contribution is 5.77. The van der Waals surface area contributed by atoms with Crippen LogP contribution in [0.1, 0.15) is 38.4 Å². The fourth-order valence-corrected chi connectivity index (χ4v) is 2.33. The first kappa shape index (κ1) is 14.6. The van der Waals surface area contributed by atoms with Gasteiger partial charge in [-0.1, -0.05) is 6.92 Å². The number of guanidine groups is 1. The van der Waals surface area contributed by atoms with Gasteiger partial charge in [0.05, 0.1) is 0 Å². The van der Waals surface area contributed by atoms with Crippen LogP contribution in [0.2, 0.25) is 0 Å². The van der Waals surface area contributed by atoms with Crippen molar-refractivity contribution in [3.63, 3.8) is 0 Å². The molecule has 1 aliphatic rings. The van der Waals surface area contributed by atoms with Gasteiger partial charge in [0.25, 0.3) is 0 Å². The van der Waals surface area contributed by atoms with Gasteiger partial charge in [0, 0.05) is 32.6 Å². The van der Waals surface area contributed by atoms with Crippen molar-refractivity contribution < 1.29 is 0 Å². The topological polar surface area (TPSA) is 90.2 Å². The van der Waals surface area contributed by atoms with Crippen LogP contribution in [0, 0.1) is 0 Å². The molecule has 0 fully saturated rings. The van der Waals surface area contributed by atoms with Gasteiger partial charge in [0.1, 0.15) is 5.82 Å². The Hall–Kier alpha value is -1.79. The molecule has 0 amide bonds. The maximum absolute atomic E-state index is 12.1. The molecule has 0 bridgehead atoms. The smallest absolute Gasteiger partial charge is 0.345 e. The molecule has 0 saturated heterocycles. The number of nitrogens with one attached hydrogen (secondary N) is 1. The summed E-state index contributed by atoms with van der Waals surface area (Å²) in [6.45, 7) is 4.93. The zero-order valence-electron chi connectivity index (χ0n) is 12.1. The van der Waals surface area contributed by atoms with Crippen molar-refractivity contribution in [2.75, 3.05) is 13.1 Å². The van der Waals surface area contributed by atoms with E-state index in [1.807, 2.05) is 0 Å². The first-order valence-corrected chi connectivity index (χ1v) is 7.42. The summed E-state index contributed by atoms with van der Waals surface area (Å²) in [7, 11) is 0. The Labute approximate surface area is 118 Å². The second-order valence-electron chi connectivity index (χ2n) is 5.08. The van der Waals surface area contributed by atoms with Crippen molar-refractivity contribution in [3.05, 3.63) is 16.3 Å². The van der Waals surface area contributed by atoms with Crippen molar-refractivity contribution in [3.8, 4) is 0 Å². The molecule has 7 heteroatoms. The molecule has 0 spiro atoms. The molecule has 1 aromatic rings. The van der Waals surface area contributed by atoms with Crippen LogP contribution in [0.5, 0.6) is 0 Å². The molecule has 2 heterocycles. The van der Waals surface area contributed by atoms with Crippen molar-refractivity contribution in [2.45, 2.75) is 52.1 Å². The molecular weight excluding hydrogens is 256 g/mol. The number of aromatic nitrogens is 3. The highest BCUT2D eigenvalue weighted by Crippen LogP contribution is 2.09. The number of nitrogens with zero attached hydrogens (tertiary/aromatic N) is 4. The van der Waals surface area contributed by atoms with Crippen LogP contribution in [0.15, 0.2) is 9.79 Å². The molecular formula is C13H24N6O. The standard InChI is InChI=1S/C13H24N6O/c1-2-7-15-12(14)16-8-5-10-19-13(20)18-9-4-3-6-11(18)17-19/h2-10H2,1H3,(H3,14,15,16). The summed E-state index contributed by atoms with van der Waals surface area (Å²) in [6, 6.07) is 0. The molecule has 7 nitrogen and oxygen atoms in total. The summed E-state index contributed by atoms with van der Waals surface area (Å²) < 4.78 is 3.37. The van der Waals surface area contributed by atoms with Crippen LogP contribution in [0.3, 0.4) is 0 Å². The number of hydrogen-bond donors (Lipinski definition) is 2. The maximum atomic E-state index is 12.1. The van der Waals surface area contributed by atoms with Gasteiger partial charge in [-0.25, -0.2) is 9.48 Å². The number of hydrogen-bond acceptors (Lipinski definition) is 3. The summed E-state index contributed by atoms with van der Waals surface area (Å²) >= 11 is 0. The van der Waals surface area contributed by atoms with Gasteiger partial charge in [-0.05, 0) is 25.7 Å². The first-order valence-electron chi connectivity index (χ1n) is 7.42. The minimum atomic E-state index is 0.0207. The van der Waals surface area contributed by atoms with E-state index < -0.39 is 0 Å². The maximum Gasteiger partial charge on any atom is 0.345 e. The second-order valence-corrected chi connectivity index (χ2v) is 5.08. The van der Waals surface area contributed by atoms with E-state index in [0.717, 1.165) is 51.0 Å². The fourth-order valence-electron chi connectivity index (χ4n) is 2.33. The minimum absolute atomic E-state index is 0.0207. The average molecular weight is 280 g/mol. The van der Waals surface area contributed by atoms with Gasteiger partial charge < -0.3 is 11.1 Å². The molecule has 1 aromatic heterocycles. The summed E-state index contributed by atoms with van der Waals surface area (Å²) in [4.78, 5) is 16.2. The molecule has 3 N–H and O–H groups in total. The molecule has 0 aromatic carbocycles. The highest BCUT2D eigenvalue weighted by atomic mass is 16.2. The molecule has 2 rings (SSSR count). The lowest BCUT2D eigenvalue weighted by atomic mass is 10.2. The molecule has 1 aliphatic heterocycles. The molecule has 0 unspecified atom stereocenters. The van der Waals surface area contributed by atoms with Gasteiger partial charge in [-0.3, -0.25) is 9.56 Å². The molecule has 20 heavy (non-hydrogen) atoms. The summed E-state index contributed by atoms with van der Waals surface area (Å²) in [5.41, 5.74) is 5.72. The lowest BCUT2D eigenvalue weighted by molar-refractivity contribution is 0.509. The van der Waals surface area contributed by atoms with Crippen molar-refractivity contribution >= 4 is 5.96 Å². The Kier molecular flexibility index (Phi) is 5.20. The lowest BCUT2D eigenvalue weighted by Gasteiger charge is -2.09. The predicted molar refractivity (Wildman–Crippen MR) is 78.8 cm³/mol. The van der Waals surface area contributed by atoms with Crippen LogP contribution in [-0.2, 0) is 19.5 Å². The SMILES string of the molecule is CCCN=C(N)NCCCn1nc2n(c1=O)CCCC2. The third-order valence-electron chi connectivity index (χ3n) is 3.39. The van der Waals surface area contributed by atoms with E-state index in [-0.39, 0.29) is 5.69 Å². The lowest BCUT2D eigenvalue weighted by Crippen LogP contribution is -2.33. The van der Waals surface area contributed by atoms with Crippen LogP contribution < -0.4 is 16.7 Å². The number of aliphatic imine (C=N–C) groups is 1. The van der Waals surface area contributed by atoms with Crippen LogP contribution >= 0.6 is 0 Å². The molecule has 112 valence electrons. The van der Waals surface area contributed by atoms with E-state index in [2.05, 4.69) is 22.3 Å². The number of rotatable bonds is 6. The molecule has 0 radical (unpaired) electrons. The number of nitrogens with two attached hydrogens (primary N) is 1. The Morgan fingerprint density at radius 2 is 2.35 bits per heavy atom. The number of aryl methyl sites for hydroxylation is 2. The van der Waals surface area contributed by atoms with E-state index in [4.69, 9.17) is 5.73 Å². The minimum Gasteiger partial charge on any atom is -0.370 e. The van der Waals surface area contributed by atoms with E-state index in [9.17, 15) is 4.79 Å². The van der Waals surface area contributed by atoms with E-state index in [0.29, 0.717) is 19.0 Å². The van der Waals surface area contributed by atoms with E-state index >= 15 is 0 Å². The van der Waals surface area contributed by atoms with Gasteiger partial charge >= 0.3 is 5.69 Å². The summed E-state index contributed by atoms with van der Waals surface area (Å²) in [6.07, 6.45) is 4.90. The van der Waals surface area contributed by atoms with Crippen molar-refractivity contribution in [1.29, 1.82) is 0 Å². The Bertz CT molecular complexity index is 515. The second kappa shape index (κ2) is 7.12. The molecule has 0 aliphatic carbocycles. The van der Waals surface area contributed by atoms with Gasteiger partial charge in [0.2, 0.25) is 0 Å². The van der Waals surface area contributed by atoms with Gasteiger partial charge in [0.15, 0.2) is 5.96 Å². The van der Waals surface area contributed by atoms with E-state index in [1.165, 1.54) is 0 Å². The molecule has 0 saturated carbocycles. The fraction of sp³-hybridized carbons (Fsp3) is 0.769. The van der Waals surface area contributed by atoms with Crippen LogP contribution in [0.4, 0.5) is 0 Å². The quantitative estimate of drug-likeness (QED) is 0.439. The van der Waals surface area contributed by atoms with Crippen LogP contribution in [0.25, 0.3) is 0 Å². The summed E-state index contributed by atoms with van der Waals surface area (Å²) in [5.74, 6) is 1.40. The van der Waals surface area contributed by atoms with Crippen LogP contribution in [-0.4, -0.2) is 33.4 Å².